The maximum Gasteiger partial charge on any atom is 0.340 e. The normalized spacial score (nSPS) is 10.7. The summed E-state index contributed by atoms with van der Waals surface area (Å²) in [5.74, 6) is 0.521. The fourth-order valence-corrected chi connectivity index (χ4v) is 2.23. The largest absolute Gasteiger partial charge is 0.478 e. The molecule has 106 valence electrons. The molecule has 0 spiro atoms. The van der Waals surface area contributed by atoms with Gasteiger partial charge in [0.2, 0.25) is 5.88 Å². The third kappa shape index (κ3) is 2.31. The highest BCUT2D eigenvalue weighted by Gasteiger charge is 2.15. The van der Waals surface area contributed by atoms with Crippen LogP contribution >= 0.6 is 0 Å². The van der Waals surface area contributed by atoms with Gasteiger partial charge in [-0.2, -0.15) is 9.78 Å². The SMILES string of the molecule is CCOc1cc(-c2nn(C(N)=O)c3ccccc23)ccn1. The van der Waals surface area contributed by atoms with Gasteiger partial charge in [-0.3, -0.25) is 0 Å². The highest BCUT2D eigenvalue weighted by molar-refractivity contribution is 5.98. The Kier molecular flexibility index (Phi) is 3.27. The van der Waals surface area contributed by atoms with E-state index in [9.17, 15) is 4.79 Å². The Bertz CT molecular complexity index is 810. The van der Waals surface area contributed by atoms with E-state index in [0.717, 1.165) is 10.9 Å². The van der Waals surface area contributed by atoms with Gasteiger partial charge in [0, 0.05) is 23.2 Å². The second kappa shape index (κ2) is 5.24. The monoisotopic (exact) mass is 282 g/mol. The van der Waals surface area contributed by atoms with Crippen molar-refractivity contribution in [2.24, 2.45) is 5.73 Å². The molecule has 0 unspecified atom stereocenters. The predicted molar refractivity (Wildman–Crippen MR) is 79.1 cm³/mol. The molecule has 6 nitrogen and oxygen atoms in total. The van der Waals surface area contributed by atoms with Crippen LogP contribution in [0.1, 0.15) is 6.92 Å². The zero-order chi connectivity index (χ0) is 14.8. The van der Waals surface area contributed by atoms with Crippen LogP contribution in [0, 0.1) is 0 Å². The van der Waals surface area contributed by atoms with Crippen LogP contribution in [0.25, 0.3) is 22.2 Å². The molecule has 0 aliphatic heterocycles. The van der Waals surface area contributed by atoms with Crippen molar-refractivity contribution in [3.05, 3.63) is 42.6 Å². The molecular weight excluding hydrogens is 268 g/mol. The Morgan fingerprint density at radius 2 is 2.14 bits per heavy atom. The lowest BCUT2D eigenvalue weighted by Crippen LogP contribution is -2.20. The smallest absolute Gasteiger partial charge is 0.340 e. The number of ether oxygens (including phenoxy) is 1. The van der Waals surface area contributed by atoms with Crippen molar-refractivity contribution in [3.63, 3.8) is 0 Å². The first kappa shape index (κ1) is 13.1. The van der Waals surface area contributed by atoms with Crippen molar-refractivity contribution >= 4 is 16.9 Å². The van der Waals surface area contributed by atoms with Crippen LogP contribution in [0.3, 0.4) is 0 Å². The molecule has 0 aliphatic rings. The van der Waals surface area contributed by atoms with Gasteiger partial charge in [0.25, 0.3) is 0 Å². The first-order valence-corrected chi connectivity index (χ1v) is 6.57. The molecule has 2 aromatic heterocycles. The third-order valence-electron chi connectivity index (χ3n) is 3.10. The minimum atomic E-state index is -0.614. The molecule has 21 heavy (non-hydrogen) atoms. The topological polar surface area (TPSA) is 83.0 Å². The van der Waals surface area contributed by atoms with E-state index in [0.29, 0.717) is 23.7 Å². The number of rotatable bonds is 3. The number of aromatic nitrogens is 3. The Balaban J connectivity index is 2.20. The predicted octanol–water partition coefficient (Wildman–Crippen LogP) is 2.42. The number of para-hydroxylation sites is 1. The third-order valence-corrected chi connectivity index (χ3v) is 3.10. The van der Waals surface area contributed by atoms with Crippen molar-refractivity contribution in [2.45, 2.75) is 6.92 Å². The van der Waals surface area contributed by atoms with Gasteiger partial charge in [-0.25, -0.2) is 9.78 Å². The van der Waals surface area contributed by atoms with E-state index in [1.165, 1.54) is 4.68 Å². The van der Waals surface area contributed by atoms with Crippen LogP contribution in [0.5, 0.6) is 5.88 Å². The number of nitrogens with zero attached hydrogens (tertiary/aromatic N) is 3. The van der Waals surface area contributed by atoms with E-state index < -0.39 is 6.03 Å². The Morgan fingerprint density at radius 1 is 1.33 bits per heavy atom. The fraction of sp³-hybridized carbons (Fsp3) is 0.133. The molecule has 3 aromatic rings. The average Bonchev–Trinajstić information content (AvgIpc) is 2.88. The number of amides is 1. The van der Waals surface area contributed by atoms with Crippen molar-refractivity contribution in [1.29, 1.82) is 0 Å². The molecule has 0 radical (unpaired) electrons. The van der Waals surface area contributed by atoms with Gasteiger partial charge in [-0.1, -0.05) is 18.2 Å². The highest BCUT2D eigenvalue weighted by Crippen LogP contribution is 2.29. The van der Waals surface area contributed by atoms with Crippen molar-refractivity contribution < 1.29 is 9.53 Å². The van der Waals surface area contributed by atoms with Gasteiger partial charge >= 0.3 is 6.03 Å². The molecule has 0 fully saturated rings. The van der Waals surface area contributed by atoms with Gasteiger partial charge in [0.1, 0.15) is 5.69 Å². The lowest BCUT2D eigenvalue weighted by molar-refractivity contribution is 0.248. The first-order valence-electron chi connectivity index (χ1n) is 6.57. The van der Waals surface area contributed by atoms with E-state index >= 15 is 0 Å². The quantitative estimate of drug-likeness (QED) is 0.799. The Morgan fingerprint density at radius 3 is 2.90 bits per heavy atom. The van der Waals surface area contributed by atoms with Gasteiger partial charge < -0.3 is 10.5 Å². The van der Waals surface area contributed by atoms with E-state index in [1.54, 1.807) is 18.3 Å². The summed E-state index contributed by atoms with van der Waals surface area (Å²) in [5.41, 5.74) is 7.55. The molecule has 0 saturated heterocycles. The summed E-state index contributed by atoms with van der Waals surface area (Å²) in [6.45, 7) is 2.43. The number of primary amides is 1. The van der Waals surface area contributed by atoms with Crippen LogP contribution < -0.4 is 10.5 Å². The van der Waals surface area contributed by atoms with Crippen LogP contribution in [-0.4, -0.2) is 27.4 Å². The van der Waals surface area contributed by atoms with Gasteiger partial charge in [-0.15, -0.1) is 0 Å². The summed E-state index contributed by atoms with van der Waals surface area (Å²) in [5, 5.41) is 5.17. The number of carbonyl (C=O) groups is 1. The number of fused-ring (bicyclic) bond motifs is 1. The number of carbonyl (C=O) groups excluding carboxylic acids is 1. The molecule has 1 amide bonds. The van der Waals surface area contributed by atoms with Gasteiger partial charge in [0.15, 0.2) is 0 Å². The second-order valence-corrected chi connectivity index (χ2v) is 4.43. The highest BCUT2D eigenvalue weighted by atomic mass is 16.5. The summed E-state index contributed by atoms with van der Waals surface area (Å²) in [6, 6.07) is 10.4. The first-order chi connectivity index (χ1) is 10.2. The van der Waals surface area contributed by atoms with E-state index in [4.69, 9.17) is 10.5 Å². The number of benzene rings is 1. The van der Waals surface area contributed by atoms with Crippen molar-refractivity contribution in [2.75, 3.05) is 6.61 Å². The lowest BCUT2D eigenvalue weighted by atomic mass is 10.1. The van der Waals surface area contributed by atoms with Gasteiger partial charge in [0.05, 0.1) is 12.1 Å². The van der Waals surface area contributed by atoms with Crippen LogP contribution in [0.4, 0.5) is 4.79 Å². The zero-order valence-electron chi connectivity index (χ0n) is 11.5. The Hall–Kier alpha value is -2.89. The molecule has 0 atom stereocenters. The number of nitrogens with two attached hydrogens (primary N) is 1. The van der Waals surface area contributed by atoms with Crippen molar-refractivity contribution in [1.82, 2.24) is 14.8 Å². The molecule has 1 aromatic carbocycles. The summed E-state index contributed by atoms with van der Waals surface area (Å²) < 4.78 is 6.60. The molecule has 0 bridgehead atoms. The summed E-state index contributed by atoms with van der Waals surface area (Å²) >= 11 is 0. The van der Waals surface area contributed by atoms with Crippen molar-refractivity contribution in [3.8, 4) is 17.1 Å². The zero-order valence-corrected chi connectivity index (χ0v) is 11.5. The number of hydrogen-bond acceptors (Lipinski definition) is 4. The summed E-state index contributed by atoms with van der Waals surface area (Å²) in [7, 11) is 0. The van der Waals surface area contributed by atoms with E-state index in [1.807, 2.05) is 31.2 Å². The molecular formula is C15H14N4O2. The maximum absolute atomic E-state index is 11.5. The number of pyridine rings is 1. The Labute approximate surface area is 121 Å². The number of hydrogen-bond donors (Lipinski definition) is 1. The second-order valence-electron chi connectivity index (χ2n) is 4.43. The molecule has 3 rings (SSSR count). The minimum absolute atomic E-state index is 0.521. The minimum Gasteiger partial charge on any atom is -0.478 e. The molecule has 6 heteroatoms. The standard InChI is InChI=1S/C15H14N4O2/c1-2-21-13-9-10(7-8-17-13)14-11-5-3-4-6-12(11)19(18-14)15(16)20/h3-9H,2H2,1H3,(H2,16,20). The molecule has 0 saturated carbocycles. The van der Waals surface area contributed by atoms with Gasteiger partial charge in [-0.05, 0) is 19.1 Å². The maximum atomic E-state index is 11.5. The average molecular weight is 282 g/mol. The van der Waals surface area contributed by atoms with Crippen LogP contribution in [0.15, 0.2) is 42.6 Å². The summed E-state index contributed by atoms with van der Waals surface area (Å²) in [6.07, 6.45) is 1.65. The fourth-order valence-electron chi connectivity index (χ4n) is 2.23. The molecule has 2 heterocycles. The van der Waals surface area contributed by atoms with E-state index in [-0.39, 0.29) is 0 Å². The van der Waals surface area contributed by atoms with Crippen LogP contribution in [-0.2, 0) is 0 Å². The summed E-state index contributed by atoms with van der Waals surface area (Å²) in [4.78, 5) is 15.6. The molecule has 0 aliphatic carbocycles. The molecule has 2 N–H and O–H groups in total. The van der Waals surface area contributed by atoms with Crippen LogP contribution in [0.2, 0.25) is 0 Å². The lowest BCUT2D eigenvalue weighted by Gasteiger charge is -2.03. The van der Waals surface area contributed by atoms with E-state index in [2.05, 4.69) is 10.1 Å².